The molecule has 0 bridgehead atoms. The molecule has 0 radical (unpaired) electrons. The van der Waals surface area contributed by atoms with Crippen LogP contribution in [0.15, 0.2) is 119 Å². The minimum Gasteiger partial charge on any atom is -0.257 e. The molecule has 0 aliphatic carbocycles. The Hall–Kier alpha value is -3.74. The number of sulfonamides is 1. The smallest absolute Gasteiger partial charge is 0.238 e. The Balaban J connectivity index is 1.49. The SMILES string of the molecule is NS(=O)(=O)c1ccc(N2N=C(c3ccc(-c4ccccc4)cc3)CC2c2ccccc2)cc1. The zero-order valence-electron chi connectivity index (χ0n) is 17.9. The van der Waals surface area contributed by atoms with Crippen LogP contribution in [0.25, 0.3) is 11.1 Å². The number of anilines is 1. The van der Waals surface area contributed by atoms with Crippen LogP contribution in [0.5, 0.6) is 0 Å². The Morgan fingerprint density at radius 2 is 1.24 bits per heavy atom. The van der Waals surface area contributed by atoms with Crippen molar-refractivity contribution in [2.45, 2.75) is 17.4 Å². The first-order valence-electron chi connectivity index (χ1n) is 10.7. The van der Waals surface area contributed by atoms with Crippen LogP contribution >= 0.6 is 0 Å². The van der Waals surface area contributed by atoms with Crippen LogP contribution in [0.2, 0.25) is 0 Å². The van der Waals surface area contributed by atoms with Gasteiger partial charge in [-0.3, -0.25) is 5.01 Å². The van der Waals surface area contributed by atoms with Gasteiger partial charge in [-0.2, -0.15) is 5.10 Å². The van der Waals surface area contributed by atoms with Gasteiger partial charge in [0.1, 0.15) is 0 Å². The van der Waals surface area contributed by atoms with Gasteiger partial charge in [-0.25, -0.2) is 13.6 Å². The van der Waals surface area contributed by atoms with Gasteiger partial charge in [-0.1, -0.05) is 84.9 Å². The van der Waals surface area contributed by atoms with Crippen molar-refractivity contribution >= 4 is 21.4 Å². The van der Waals surface area contributed by atoms with Crippen molar-refractivity contribution in [2.24, 2.45) is 10.2 Å². The van der Waals surface area contributed by atoms with E-state index in [1.54, 1.807) is 12.1 Å². The van der Waals surface area contributed by atoms with Gasteiger partial charge < -0.3 is 0 Å². The van der Waals surface area contributed by atoms with Crippen molar-refractivity contribution < 1.29 is 8.42 Å². The van der Waals surface area contributed by atoms with Crippen LogP contribution in [0.4, 0.5) is 5.69 Å². The molecule has 0 saturated carbocycles. The molecular formula is C27H23N3O2S. The first kappa shape index (κ1) is 21.1. The van der Waals surface area contributed by atoms with E-state index in [4.69, 9.17) is 10.2 Å². The molecule has 0 amide bonds. The van der Waals surface area contributed by atoms with Crippen LogP contribution in [0.1, 0.15) is 23.6 Å². The molecule has 33 heavy (non-hydrogen) atoms. The molecule has 0 fully saturated rings. The average Bonchev–Trinajstić information content (AvgIpc) is 3.30. The van der Waals surface area contributed by atoms with Crippen molar-refractivity contribution in [3.8, 4) is 11.1 Å². The maximum Gasteiger partial charge on any atom is 0.238 e. The van der Waals surface area contributed by atoms with E-state index in [2.05, 4.69) is 48.5 Å². The highest BCUT2D eigenvalue weighted by atomic mass is 32.2. The Morgan fingerprint density at radius 3 is 1.85 bits per heavy atom. The molecule has 0 saturated heterocycles. The highest BCUT2D eigenvalue weighted by Gasteiger charge is 2.30. The molecule has 1 atom stereocenters. The second kappa shape index (κ2) is 8.65. The first-order chi connectivity index (χ1) is 16.0. The number of hydrazone groups is 1. The summed E-state index contributed by atoms with van der Waals surface area (Å²) in [5.74, 6) is 0. The fourth-order valence-electron chi connectivity index (χ4n) is 4.13. The van der Waals surface area contributed by atoms with Crippen LogP contribution in [0, 0.1) is 0 Å². The molecule has 1 heterocycles. The zero-order chi connectivity index (χ0) is 22.8. The quantitative estimate of drug-likeness (QED) is 0.442. The van der Waals surface area contributed by atoms with E-state index < -0.39 is 10.0 Å². The summed E-state index contributed by atoms with van der Waals surface area (Å²) < 4.78 is 23.3. The molecule has 6 heteroatoms. The highest BCUT2D eigenvalue weighted by molar-refractivity contribution is 7.89. The van der Waals surface area contributed by atoms with Gasteiger partial charge in [-0.15, -0.1) is 0 Å². The fourth-order valence-corrected chi connectivity index (χ4v) is 4.65. The minimum atomic E-state index is -3.74. The van der Waals surface area contributed by atoms with E-state index in [9.17, 15) is 8.42 Å². The average molecular weight is 454 g/mol. The van der Waals surface area contributed by atoms with E-state index in [1.807, 2.05) is 41.4 Å². The summed E-state index contributed by atoms with van der Waals surface area (Å²) in [6.07, 6.45) is 0.742. The summed E-state index contributed by atoms with van der Waals surface area (Å²) in [7, 11) is -3.74. The number of primary sulfonamides is 1. The van der Waals surface area contributed by atoms with Crippen LogP contribution in [-0.2, 0) is 10.0 Å². The molecule has 0 spiro atoms. The zero-order valence-corrected chi connectivity index (χ0v) is 18.7. The Morgan fingerprint density at radius 1 is 0.697 bits per heavy atom. The van der Waals surface area contributed by atoms with E-state index >= 15 is 0 Å². The first-order valence-corrected chi connectivity index (χ1v) is 12.2. The maximum atomic E-state index is 11.7. The number of rotatable bonds is 5. The predicted octanol–water partition coefficient (Wildman–Crippen LogP) is 5.36. The maximum absolute atomic E-state index is 11.7. The Bertz CT molecular complexity index is 1380. The number of nitrogens with two attached hydrogens (primary N) is 1. The van der Waals surface area contributed by atoms with E-state index in [1.165, 1.54) is 17.7 Å². The second-order valence-electron chi connectivity index (χ2n) is 8.00. The molecule has 164 valence electrons. The summed E-state index contributed by atoms with van der Waals surface area (Å²) in [4.78, 5) is 0.0856. The van der Waals surface area contributed by atoms with Gasteiger partial charge in [-0.05, 0) is 46.5 Å². The van der Waals surface area contributed by atoms with Gasteiger partial charge >= 0.3 is 0 Å². The van der Waals surface area contributed by atoms with Gasteiger partial charge in [0.15, 0.2) is 0 Å². The standard InChI is InChI=1S/C27H23N3O2S/c28-33(31,32)25-17-15-24(16-18-25)30-27(23-9-5-2-6-10-23)19-26(29-30)22-13-11-21(12-14-22)20-7-3-1-4-8-20/h1-18,27H,19H2,(H2,28,31,32). The Kier molecular flexibility index (Phi) is 5.54. The molecule has 5 rings (SSSR count). The van der Waals surface area contributed by atoms with Crippen molar-refractivity contribution in [3.05, 3.63) is 120 Å². The predicted molar refractivity (Wildman–Crippen MR) is 133 cm³/mol. The lowest BCUT2D eigenvalue weighted by Gasteiger charge is -2.24. The third kappa shape index (κ3) is 4.44. The van der Waals surface area contributed by atoms with Crippen LogP contribution < -0.4 is 10.1 Å². The number of nitrogens with zero attached hydrogens (tertiary/aromatic N) is 2. The molecule has 4 aromatic carbocycles. The molecular weight excluding hydrogens is 430 g/mol. The lowest BCUT2D eigenvalue weighted by atomic mass is 9.96. The van der Waals surface area contributed by atoms with Crippen molar-refractivity contribution in [3.63, 3.8) is 0 Å². The third-order valence-corrected chi connectivity index (χ3v) is 6.78. The highest BCUT2D eigenvalue weighted by Crippen LogP contribution is 2.37. The molecule has 1 unspecified atom stereocenters. The lowest BCUT2D eigenvalue weighted by molar-refractivity contribution is 0.597. The monoisotopic (exact) mass is 453 g/mol. The van der Waals surface area contributed by atoms with Crippen molar-refractivity contribution in [2.75, 3.05) is 5.01 Å². The van der Waals surface area contributed by atoms with Crippen molar-refractivity contribution in [1.82, 2.24) is 0 Å². The molecule has 0 aromatic heterocycles. The van der Waals surface area contributed by atoms with E-state index in [0.29, 0.717) is 0 Å². The molecule has 2 N–H and O–H groups in total. The van der Waals surface area contributed by atoms with Gasteiger partial charge in [0.25, 0.3) is 0 Å². The molecule has 1 aliphatic heterocycles. The number of hydrogen-bond donors (Lipinski definition) is 1. The summed E-state index contributed by atoms with van der Waals surface area (Å²) in [5, 5.41) is 12.2. The normalized spacial score (nSPS) is 16.0. The summed E-state index contributed by atoms with van der Waals surface area (Å²) in [5.41, 5.74) is 6.35. The number of hydrogen-bond acceptors (Lipinski definition) is 4. The summed E-state index contributed by atoms with van der Waals surface area (Å²) >= 11 is 0. The van der Waals surface area contributed by atoms with Crippen LogP contribution in [-0.4, -0.2) is 14.1 Å². The van der Waals surface area contributed by atoms with Crippen molar-refractivity contribution in [1.29, 1.82) is 0 Å². The Labute approximate surface area is 193 Å². The molecule has 1 aliphatic rings. The molecule has 4 aromatic rings. The van der Waals surface area contributed by atoms with Gasteiger partial charge in [0.2, 0.25) is 10.0 Å². The largest absolute Gasteiger partial charge is 0.257 e. The topological polar surface area (TPSA) is 75.8 Å². The van der Waals surface area contributed by atoms with E-state index in [0.717, 1.165) is 34.5 Å². The van der Waals surface area contributed by atoms with Crippen LogP contribution in [0.3, 0.4) is 0 Å². The molecule has 5 nitrogen and oxygen atoms in total. The lowest BCUT2D eigenvalue weighted by Crippen LogP contribution is -2.19. The number of benzene rings is 4. The minimum absolute atomic E-state index is 0.00957. The summed E-state index contributed by atoms with van der Waals surface area (Å²) in [6.45, 7) is 0. The van der Waals surface area contributed by atoms with Gasteiger partial charge in [0, 0.05) is 6.42 Å². The third-order valence-electron chi connectivity index (χ3n) is 5.85. The fraction of sp³-hybridized carbons (Fsp3) is 0.0741. The second-order valence-corrected chi connectivity index (χ2v) is 9.57. The van der Waals surface area contributed by atoms with Gasteiger partial charge in [0.05, 0.1) is 22.3 Å². The van der Waals surface area contributed by atoms with E-state index in [-0.39, 0.29) is 10.9 Å². The summed E-state index contributed by atoms with van der Waals surface area (Å²) in [6, 6.07) is 35.5.